The molecule has 0 aliphatic heterocycles. The third kappa shape index (κ3) is 5.69. The van der Waals surface area contributed by atoms with Gasteiger partial charge in [0.05, 0.1) is 23.5 Å². The molecule has 5 nitrogen and oxygen atoms in total. The minimum absolute atomic E-state index is 0.0992. The van der Waals surface area contributed by atoms with E-state index in [2.05, 4.69) is 5.32 Å². The molecule has 0 heterocycles. The van der Waals surface area contributed by atoms with Crippen LogP contribution in [0, 0.1) is 13.8 Å². The molecular weight excluding hydrogens is 360 g/mol. The molecule has 0 unspecified atom stereocenters. The monoisotopic (exact) mass is 386 g/mol. The Hall–Kier alpha value is -1.11. The summed E-state index contributed by atoms with van der Waals surface area (Å²) in [6.45, 7) is 3.63. The maximum Gasteiger partial charge on any atom is 0.239 e. The zero-order valence-electron chi connectivity index (χ0n) is 15.1. The van der Waals surface area contributed by atoms with Crippen molar-refractivity contribution in [2.45, 2.75) is 58.4 Å². The number of rotatable bonds is 5. The first-order valence-electron chi connectivity index (χ1n) is 8.72. The van der Waals surface area contributed by atoms with Gasteiger partial charge in [0.15, 0.2) is 0 Å². The molecule has 1 fully saturated rings. The molecule has 2 rings (SSSR count). The number of aryl methyl sites for hydroxylation is 2. The van der Waals surface area contributed by atoms with Crippen molar-refractivity contribution in [3.63, 3.8) is 0 Å². The molecular formula is C18H27ClN2O3S. The highest BCUT2D eigenvalue weighted by Crippen LogP contribution is 2.28. The second-order valence-corrected chi connectivity index (χ2v) is 9.28. The number of nitrogens with zero attached hydrogens (tertiary/aromatic N) is 1. The summed E-state index contributed by atoms with van der Waals surface area (Å²) in [4.78, 5) is 12.5. The lowest BCUT2D eigenvalue weighted by molar-refractivity contribution is -0.116. The smallest absolute Gasteiger partial charge is 0.239 e. The average molecular weight is 387 g/mol. The normalized spacial score (nSPS) is 16.7. The van der Waals surface area contributed by atoms with Crippen LogP contribution in [0.1, 0.15) is 49.7 Å². The number of anilines is 1. The minimum atomic E-state index is -3.46. The van der Waals surface area contributed by atoms with Crippen molar-refractivity contribution in [1.29, 1.82) is 0 Å². The molecule has 1 aliphatic carbocycles. The van der Waals surface area contributed by atoms with Gasteiger partial charge in [0.1, 0.15) is 0 Å². The Morgan fingerprint density at radius 3 is 2.32 bits per heavy atom. The molecule has 0 aromatic heterocycles. The van der Waals surface area contributed by atoms with E-state index in [-0.39, 0.29) is 18.5 Å². The number of hydrogen-bond donors (Lipinski definition) is 1. The van der Waals surface area contributed by atoms with Gasteiger partial charge in [0.25, 0.3) is 0 Å². The topological polar surface area (TPSA) is 66.5 Å². The molecule has 0 radical (unpaired) electrons. The van der Waals surface area contributed by atoms with E-state index < -0.39 is 10.0 Å². The van der Waals surface area contributed by atoms with E-state index >= 15 is 0 Å². The summed E-state index contributed by atoms with van der Waals surface area (Å²) in [5, 5.41) is 3.25. The highest BCUT2D eigenvalue weighted by atomic mass is 35.5. The predicted octanol–water partition coefficient (Wildman–Crippen LogP) is 3.88. The van der Waals surface area contributed by atoms with Crippen molar-refractivity contribution < 1.29 is 13.2 Å². The SMILES string of the molecule is Cc1cc(C)c(NC(=O)CN(C2CCCCCC2)S(C)(=O)=O)c(Cl)c1. The summed E-state index contributed by atoms with van der Waals surface area (Å²) < 4.78 is 25.8. The van der Waals surface area contributed by atoms with Crippen LogP contribution in [0.4, 0.5) is 5.69 Å². The first kappa shape index (κ1) is 20.2. The lowest BCUT2D eigenvalue weighted by atomic mass is 10.1. The summed E-state index contributed by atoms with van der Waals surface area (Å²) in [6.07, 6.45) is 7.05. The Labute approximate surface area is 155 Å². The summed E-state index contributed by atoms with van der Waals surface area (Å²) in [6, 6.07) is 3.61. The van der Waals surface area contributed by atoms with Gasteiger partial charge in [0.2, 0.25) is 15.9 Å². The number of hydrogen-bond acceptors (Lipinski definition) is 3. The molecule has 1 amide bonds. The molecule has 25 heavy (non-hydrogen) atoms. The van der Waals surface area contributed by atoms with Crippen LogP contribution in [-0.2, 0) is 14.8 Å². The van der Waals surface area contributed by atoms with Crippen molar-refractivity contribution in [2.75, 3.05) is 18.1 Å². The van der Waals surface area contributed by atoms with Crippen LogP contribution in [-0.4, -0.2) is 37.5 Å². The number of benzene rings is 1. The zero-order chi connectivity index (χ0) is 18.6. The summed E-state index contributed by atoms with van der Waals surface area (Å²) >= 11 is 6.23. The van der Waals surface area contributed by atoms with Gasteiger partial charge in [-0.25, -0.2) is 8.42 Å². The van der Waals surface area contributed by atoms with Crippen LogP contribution in [0.5, 0.6) is 0 Å². The maximum atomic E-state index is 12.5. The van der Waals surface area contributed by atoms with Gasteiger partial charge in [-0.3, -0.25) is 4.79 Å². The van der Waals surface area contributed by atoms with Gasteiger partial charge in [0, 0.05) is 6.04 Å². The van der Waals surface area contributed by atoms with Gasteiger partial charge in [-0.1, -0.05) is 43.4 Å². The average Bonchev–Trinajstić information content (AvgIpc) is 2.76. The Kier molecular flexibility index (Phi) is 6.88. The fourth-order valence-electron chi connectivity index (χ4n) is 3.46. The molecule has 1 aromatic rings. The standard InChI is InChI=1S/C18H27ClN2O3S/c1-13-10-14(2)18(16(19)11-13)20-17(22)12-21(25(3,23)24)15-8-6-4-5-7-9-15/h10-11,15H,4-9,12H2,1-3H3,(H,20,22). The van der Waals surface area contributed by atoms with E-state index in [0.717, 1.165) is 49.7 Å². The number of carbonyl (C=O) groups is 1. The van der Waals surface area contributed by atoms with Gasteiger partial charge in [-0.15, -0.1) is 0 Å². The molecule has 0 atom stereocenters. The van der Waals surface area contributed by atoms with Crippen molar-refractivity contribution in [1.82, 2.24) is 4.31 Å². The lowest BCUT2D eigenvalue weighted by Gasteiger charge is -2.28. The predicted molar refractivity (Wildman–Crippen MR) is 103 cm³/mol. The first-order chi connectivity index (χ1) is 11.7. The number of sulfonamides is 1. The fraction of sp³-hybridized carbons (Fsp3) is 0.611. The van der Waals surface area contributed by atoms with E-state index in [1.54, 1.807) is 6.07 Å². The van der Waals surface area contributed by atoms with Gasteiger partial charge < -0.3 is 5.32 Å². The molecule has 1 aliphatic rings. The third-order valence-corrected chi connectivity index (χ3v) is 6.23. The number of halogens is 1. The van der Waals surface area contributed by atoms with Gasteiger partial charge >= 0.3 is 0 Å². The fourth-order valence-corrected chi connectivity index (χ4v) is 4.93. The van der Waals surface area contributed by atoms with Crippen LogP contribution in [0.3, 0.4) is 0 Å². The van der Waals surface area contributed by atoms with Gasteiger partial charge in [-0.2, -0.15) is 4.31 Å². The molecule has 1 saturated carbocycles. The van der Waals surface area contributed by atoms with Crippen LogP contribution in [0.2, 0.25) is 5.02 Å². The van der Waals surface area contributed by atoms with Crippen LogP contribution in [0.15, 0.2) is 12.1 Å². The van der Waals surface area contributed by atoms with Crippen molar-refractivity contribution in [2.24, 2.45) is 0 Å². The van der Waals surface area contributed by atoms with E-state index in [1.807, 2.05) is 19.9 Å². The van der Waals surface area contributed by atoms with Crippen LogP contribution >= 0.6 is 11.6 Å². The minimum Gasteiger partial charge on any atom is -0.323 e. The Balaban J connectivity index is 2.15. The summed E-state index contributed by atoms with van der Waals surface area (Å²) in [5.74, 6) is -0.358. The van der Waals surface area contributed by atoms with E-state index in [4.69, 9.17) is 11.6 Å². The second-order valence-electron chi connectivity index (χ2n) is 6.94. The van der Waals surface area contributed by atoms with Crippen molar-refractivity contribution >= 4 is 33.2 Å². The van der Waals surface area contributed by atoms with Crippen LogP contribution in [0.25, 0.3) is 0 Å². The number of amides is 1. The Morgan fingerprint density at radius 2 is 1.80 bits per heavy atom. The van der Waals surface area contributed by atoms with Crippen molar-refractivity contribution in [3.8, 4) is 0 Å². The molecule has 140 valence electrons. The summed E-state index contributed by atoms with van der Waals surface area (Å²) in [5.41, 5.74) is 2.42. The highest BCUT2D eigenvalue weighted by molar-refractivity contribution is 7.88. The molecule has 1 N–H and O–H groups in total. The largest absolute Gasteiger partial charge is 0.323 e. The summed E-state index contributed by atoms with van der Waals surface area (Å²) in [7, 11) is -3.46. The second kappa shape index (κ2) is 8.52. The Morgan fingerprint density at radius 1 is 1.20 bits per heavy atom. The quantitative estimate of drug-likeness (QED) is 0.781. The van der Waals surface area contributed by atoms with E-state index in [1.165, 1.54) is 10.6 Å². The number of nitrogens with one attached hydrogen (secondary N) is 1. The van der Waals surface area contributed by atoms with E-state index in [9.17, 15) is 13.2 Å². The molecule has 0 saturated heterocycles. The maximum absolute atomic E-state index is 12.5. The third-order valence-electron chi connectivity index (χ3n) is 4.65. The lowest BCUT2D eigenvalue weighted by Crippen LogP contribution is -2.44. The number of carbonyl (C=O) groups excluding carboxylic acids is 1. The van der Waals surface area contributed by atoms with Gasteiger partial charge in [-0.05, 0) is 43.9 Å². The molecule has 1 aromatic carbocycles. The highest BCUT2D eigenvalue weighted by Gasteiger charge is 2.29. The molecule has 0 spiro atoms. The van der Waals surface area contributed by atoms with E-state index in [0.29, 0.717) is 10.7 Å². The van der Waals surface area contributed by atoms with Crippen LogP contribution < -0.4 is 5.32 Å². The molecule has 7 heteroatoms. The van der Waals surface area contributed by atoms with Crippen molar-refractivity contribution in [3.05, 3.63) is 28.3 Å². The Bertz CT molecular complexity index is 703. The molecule has 0 bridgehead atoms. The first-order valence-corrected chi connectivity index (χ1v) is 10.9. The zero-order valence-corrected chi connectivity index (χ0v) is 16.7.